The number of benzene rings is 1. The number of hydrogen-bond donors (Lipinski definition) is 1. The highest BCUT2D eigenvalue weighted by molar-refractivity contribution is 5.85. The zero-order valence-electron chi connectivity index (χ0n) is 15.6. The SMILES string of the molecule is CNC(C)Cc1noc(-c2ccccc2-c2nc(C(C)(C)C)no2)n1.Cl. The zero-order chi connectivity index (χ0) is 18.0. The van der Waals surface area contributed by atoms with E-state index in [4.69, 9.17) is 9.05 Å². The lowest BCUT2D eigenvalue weighted by molar-refractivity contribution is 0.401. The van der Waals surface area contributed by atoms with E-state index in [9.17, 15) is 0 Å². The fourth-order valence-corrected chi connectivity index (χ4v) is 2.32. The number of halogens is 1. The van der Waals surface area contributed by atoms with Gasteiger partial charge in [0, 0.05) is 17.9 Å². The predicted molar refractivity (Wildman–Crippen MR) is 101 cm³/mol. The van der Waals surface area contributed by atoms with E-state index in [1.165, 1.54) is 0 Å². The summed E-state index contributed by atoms with van der Waals surface area (Å²) in [6.45, 7) is 8.19. The van der Waals surface area contributed by atoms with Crippen LogP contribution in [0.5, 0.6) is 0 Å². The number of hydrogen-bond acceptors (Lipinski definition) is 7. The van der Waals surface area contributed by atoms with Crippen LogP contribution in [0.1, 0.15) is 39.3 Å². The van der Waals surface area contributed by atoms with Crippen LogP contribution in [0.25, 0.3) is 22.9 Å². The van der Waals surface area contributed by atoms with E-state index in [2.05, 4.69) is 32.5 Å². The maximum absolute atomic E-state index is 5.47. The number of likely N-dealkylation sites (N-methyl/N-ethyl adjacent to an activating group) is 1. The Morgan fingerprint density at radius 3 is 2.12 bits per heavy atom. The van der Waals surface area contributed by atoms with Crippen LogP contribution in [-0.2, 0) is 11.8 Å². The maximum atomic E-state index is 5.47. The van der Waals surface area contributed by atoms with Gasteiger partial charge in [-0.05, 0) is 26.1 Å². The molecule has 0 fully saturated rings. The minimum atomic E-state index is -0.183. The summed E-state index contributed by atoms with van der Waals surface area (Å²) >= 11 is 0. The highest BCUT2D eigenvalue weighted by atomic mass is 35.5. The van der Waals surface area contributed by atoms with Gasteiger partial charge in [0.25, 0.3) is 11.8 Å². The molecule has 140 valence electrons. The molecule has 0 amide bonds. The second kappa shape index (κ2) is 7.97. The molecule has 26 heavy (non-hydrogen) atoms. The van der Waals surface area contributed by atoms with Crippen molar-refractivity contribution in [1.29, 1.82) is 0 Å². The second-order valence-corrected chi connectivity index (χ2v) is 7.13. The molecular formula is C18H24ClN5O2. The van der Waals surface area contributed by atoms with Crippen molar-refractivity contribution in [3.8, 4) is 22.9 Å². The van der Waals surface area contributed by atoms with Crippen LogP contribution in [0.4, 0.5) is 0 Å². The summed E-state index contributed by atoms with van der Waals surface area (Å²) in [5.41, 5.74) is 1.38. The van der Waals surface area contributed by atoms with E-state index in [0.29, 0.717) is 29.9 Å². The fourth-order valence-electron chi connectivity index (χ4n) is 2.32. The van der Waals surface area contributed by atoms with Crippen molar-refractivity contribution in [3.63, 3.8) is 0 Å². The monoisotopic (exact) mass is 377 g/mol. The molecule has 1 aromatic carbocycles. The summed E-state index contributed by atoms with van der Waals surface area (Å²) in [5.74, 6) is 2.22. The number of rotatable bonds is 5. The summed E-state index contributed by atoms with van der Waals surface area (Å²) < 4.78 is 10.9. The first-order valence-electron chi connectivity index (χ1n) is 8.32. The van der Waals surface area contributed by atoms with Crippen LogP contribution in [0.15, 0.2) is 33.3 Å². The Bertz CT molecular complexity index is 853. The first-order chi connectivity index (χ1) is 11.9. The third-order valence-corrected chi connectivity index (χ3v) is 3.93. The fraction of sp³-hybridized carbons (Fsp3) is 0.444. The van der Waals surface area contributed by atoms with Crippen molar-refractivity contribution in [2.24, 2.45) is 0 Å². The Morgan fingerprint density at radius 2 is 1.58 bits per heavy atom. The number of aromatic nitrogens is 4. The third kappa shape index (κ3) is 4.28. The minimum Gasteiger partial charge on any atom is -0.334 e. The first-order valence-corrected chi connectivity index (χ1v) is 8.32. The van der Waals surface area contributed by atoms with Crippen LogP contribution in [-0.4, -0.2) is 33.4 Å². The van der Waals surface area contributed by atoms with Crippen LogP contribution < -0.4 is 5.32 Å². The molecule has 0 saturated heterocycles. The van der Waals surface area contributed by atoms with Gasteiger partial charge in [-0.25, -0.2) is 0 Å². The summed E-state index contributed by atoms with van der Waals surface area (Å²) in [5, 5.41) is 11.3. The first kappa shape index (κ1) is 20.1. The van der Waals surface area contributed by atoms with Gasteiger partial charge in [-0.3, -0.25) is 0 Å². The predicted octanol–water partition coefficient (Wildman–Crippen LogP) is 3.66. The third-order valence-electron chi connectivity index (χ3n) is 3.93. The van der Waals surface area contributed by atoms with E-state index in [0.717, 1.165) is 11.1 Å². The molecule has 0 radical (unpaired) electrons. The van der Waals surface area contributed by atoms with Gasteiger partial charge in [0.15, 0.2) is 11.6 Å². The molecule has 3 rings (SSSR count). The van der Waals surface area contributed by atoms with E-state index in [1.54, 1.807) is 0 Å². The molecule has 1 atom stereocenters. The van der Waals surface area contributed by atoms with Gasteiger partial charge < -0.3 is 14.4 Å². The van der Waals surface area contributed by atoms with Crippen LogP contribution in [0.2, 0.25) is 0 Å². The average Bonchev–Trinajstić information content (AvgIpc) is 3.23. The van der Waals surface area contributed by atoms with Crippen molar-refractivity contribution >= 4 is 12.4 Å². The molecule has 0 aliphatic rings. The molecule has 7 nitrogen and oxygen atoms in total. The largest absolute Gasteiger partial charge is 0.334 e. The summed E-state index contributed by atoms with van der Waals surface area (Å²) in [4.78, 5) is 9.03. The number of nitrogens with one attached hydrogen (secondary N) is 1. The summed E-state index contributed by atoms with van der Waals surface area (Å²) in [7, 11) is 1.91. The van der Waals surface area contributed by atoms with Gasteiger partial charge >= 0.3 is 0 Å². The molecule has 0 aliphatic heterocycles. The van der Waals surface area contributed by atoms with Gasteiger partial charge in [-0.15, -0.1) is 12.4 Å². The molecule has 0 aliphatic carbocycles. The van der Waals surface area contributed by atoms with E-state index in [-0.39, 0.29) is 23.9 Å². The average molecular weight is 378 g/mol. The molecule has 1 N–H and O–H groups in total. The lowest BCUT2D eigenvalue weighted by atomic mass is 9.96. The van der Waals surface area contributed by atoms with Crippen LogP contribution in [0.3, 0.4) is 0 Å². The van der Waals surface area contributed by atoms with Crippen molar-refractivity contribution < 1.29 is 9.05 Å². The second-order valence-electron chi connectivity index (χ2n) is 7.13. The molecule has 0 saturated carbocycles. The Labute approximate surface area is 159 Å². The van der Waals surface area contributed by atoms with Crippen LogP contribution >= 0.6 is 12.4 Å². The molecule has 2 aromatic heterocycles. The highest BCUT2D eigenvalue weighted by Crippen LogP contribution is 2.31. The Morgan fingerprint density at radius 1 is 1.00 bits per heavy atom. The highest BCUT2D eigenvalue weighted by Gasteiger charge is 2.23. The van der Waals surface area contributed by atoms with Gasteiger partial charge in [-0.2, -0.15) is 9.97 Å². The Balaban J connectivity index is 0.00000243. The van der Waals surface area contributed by atoms with Gasteiger partial charge in [0.05, 0.1) is 11.1 Å². The van der Waals surface area contributed by atoms with Crippen molar-refractivity contribution in [2.45, 2.75) is 45.6 Å². The quantitative estimate of drug-likeness (QED) is 0.725. The zero-order valence-corrected chi connectivity index (χ0v) is 16.4. The van der Waals surface area contributed by atoms with Gasteiger partial charge in [0.1, 0.15) is 0 Å². The van der Waals surface area contributed by atoms with Gasteiger partial charge in [-0.1, -0.05) is 43.2 Å². The van der Waals surface area contributed by atoms with E-state index in [1.807, 2.05) is 52.1 Å². The lowest BCUT2D eigenvalue weighted by Gasteiger charge is -2.10. The summed E-state index contributed by atoms with van der Waals surface area (Å²) in [6.07, 6.45) is 0.691. The standard InChI is InChI=1S/C18H23N5O2.ClH/c1-11(19-5)10-14-20-15(24-22-14)12-8-6-7-9-13(12)16-21-17(23-25-16)18(2,3)4;/h6-9,11,19H,10H2,1-5H3;1H. The lowest BCUT2D eigenvalue weighted by Crippen LogP contribution is -2.24. The van der Waals surface area contributed by atoms with Gasteiger partial charge in [0.2, 0.25) is 0 Å². The minimum absolute atomic E-state index is 0. The molecule has 0 spiro atoms. The molecule has 0 bridgehead atoms. The maximum Gasteiger partial charge on any atom is 0.258 e. The molecule has 2 heterocycles. The molecular weight excluding hydrogens is 354 g/mol. The van der Waals surface area contributed by atoms with Crippen molar-refractivity contribution in [2.75, 3.05) is 7.05 Å². The van der Waals surface area contributed by atoms with E-state index >= 15 is 0 Å². The molecule has 1 unspecified atom stereocenters. The smallest absolute Gasteiger partial charge is 0.258 e. The van der Waals surface area contributed by atoms with Crippen LogP contribution in [0, 0.1) is 0 Å². The topological polar surface area (TPSA) is 89.9 Å². The Kier molecular flexibility index (Phi) is 6.15. The van der Waals surface area contributed by atoms with Crippen molar-refractivity contribution in [1.82, 2.24) is 25.6 Å². The Hall–Kier alpha value is -2.25. The normalized spacial score (nSPS) is 12.7. The van der Waals surface area contributed by atoms with Crippen molar-refractivity contribution in [3.05, 3.63) is 35.9 Å². The molecule has 8 heteroatoms. The molecule has 3 aromatic rings. The summed E-state index contributed by atoms with van der Waals surface area (Å²) in [6, 6.07) is 7.93. The van der Waals surface area contributed by atoms with E-state index < -0.39 is 0 Å². The number of nitrogens with zero attached hydrogens (tertiary/aromatic N) is 4.